The summed E-state index contributed by atoms with van der Waals surface area (Å²) in [6.45, 7) is 3.54. The van der Waals surface area contributed by atoms with Crippen LogP contribution in [0, 0.1) is 0 Å². The Balaban J connectivity index is 1.49. The van der Waals surface area contributed by atoms with Crippen LogP contribution in [0.25, 0.3) is 0 Å². The molecular weight excluding hydrogens is 342 g/mol. The van der Waals surface area contributed by atoms with Gasteiger partial charge in [0.2, 0.25) is 0 Å². The van der Waals surface area contributed by atoms with Gasteiger partial charge in [0, 0.05) is 19.6 Å². The molecule has 0 saturated carbocycles. The van der Waals surface area contributed by atoms with Crippen molar-refractivity contribution in [2.24, 2.45) is 0 Å². The van der Waals surface area contributed by atoms with E-state index in [-0.39, 0.29) is 12.4 Å². The molecule has 1 aliphatic rings. The quantitative estimate of drug-likeness (QED) is 0.734. The standard InChI is InChI=1S/C22H27NO4/c1-17(24)20-9-5-6-10-21(20)27-16-19(25)15-23-13-11-22(26,12-14-23)18-7-3-2-4-8-18/h2-10,19,25-26H,11-16H2,1H3/t19-/m1/s1. The number of hydrogen-bond donors (Lipinski definition) is 2. The van der Waals surface area contributed by atoms with Crippen LogP contribution in [0.5, 0.6) is 5.75 Å². The molecule has 1 saturated heterocycles. The number of carbonyl (C=O) groups excluding carboxylic acids is 1. The van der Waals surface area contributed by atoms with Crippen LogP contribution in [-0.2, 0) is 5.60 Å². The normalized spacial score (nSPS) is 18.0. The molecule has 144 valence electrons. The molecule has 0 amide bonds. The summed E-state index contributed by atoms with van der Waals surface area (Å²) in [5.74, 6) is 0.442. The van der Waals surface area contributed by atoms with Crippen molar-refractivity contribution in [3.05, 3.63) is 65.7 Å². The lowest BCUT2D eigenvalue weighted by Crippen LogP contribution is -2.46. The minimum atomic E-state index is -0.792. The lowest BCUT2D eigenvalue weighted by molar-refractivity contribution is -0.0372. The van der Waals surface area contributed by atoms with Crippen LogP contribution in [0.4, 0.5) is 0 Å². The van der Waals surface area contributed by atoms with E-state index in [2.05, 4.69) is 4.90 Å². The highest BCUT2D eigenvalue weighted by Gasteiger charge is 2.34. The van der Waals surface area contributed by atoms with Gasteiger partial charge < -0.3 is 19.8 Å². The molecule has 1 aliphatic heterocycles. The van der Waals surface area contributed by atoms with E-state index in [1.54, 1.807) is 18.2 Å². The number of ketones is 1. The molecule has 0 aromatic heterocycles. The van der Waals surface area contributed by atoms with Crippen molar-refractivity contribution in [1.82, 2.24) is 4.90 Å². The van der Waals surface area contributed by atoms with Gasteiger partial charge in [0.05, 0.1) is 11.2 Å². The van der Waals surface area contributed by atoms with E-state index < -0.39 is 11.7 Å². The number of rotatable bonds is 7. The van der Waals surface area contributed by atoms with Crippen LogP contribution in [-0.4, -0.2) is 53.2 Å². The maximum atomic E-state index is 11.6. The number of likely N-dealkylation sites (tertiary alicyclic amines) is 1. The first kappa shape index (κ1) is 19.5. The third-order valence-corrected chi connectivity index (χ3v) is 5.16. The fourth-order valence-electron chi connectivity index (χ4n) is 3.56. The van der Waals surface area contributed by atoms with Crippen LogP contribution >= 0.6 is 0 Å². The number of carbonyl (C=O) groups is 1. The zero-order chi connectivity index (χ0) is 19.3. The summed E-state index contributed by atoms with van der Waals surface area (Å²) in [5, 5.41) is 21.2. The maximum absolute atomic E-state index is 11.6. The minimum Gasteiger partial charge on any atom is -0.490 e. The second-order valence-corrected chi connectivity index (χ2v) is 7.22. The lowest BCUT2D eigenvalue weighted by atomic mass is 9.84. The van der Waals surface area contributed by atoms with E-state index in [9.17, 15) is 15.0 Å². The van der Waals surface area contributed by atoms with Gasteiger partial charge in [-0.2, -0.15) is 0 Å². The van der Waals surface area contributed by atoms with Crippen LogP contribution < -0.4 is 4.74 Å². The highest BCUT2D eigenvalue weighted by atomic mass is 16.5. The Labute approximate surface area is 160 Å². The van der Waals surface area contributed by atoms with Gasteiger partial charge in [0.1, 0.15) is 18.5 Å². The number of benzene rings is 2. The van der Waals surface area contributed by atoms with E-state index in [1.165, 1.54) is 6.92 Å². The number of Topliss-reactive ketones (excluding diaryl/α,β-unsaturated/α-hetero) is 1. The van der Waals surface area contributed by atoms with Crippen molar-refractivity contribution >= 4 is 5.78 Å². The summed E-state index contributed by atoms with van der Waals surface area (Å²) in [4.78, 5) is 13.8. The molecule has 3 rings (SSSR count). The summed E-state index contributed by atoms with van der Waals surface area (Å²) >= 11 is 0. The topological polar surface area (TPSA) is 70.0 Å². The van der Waals surface area contributed by atoms with E-state index in [0.29, 0.717) is 43.8 Å². The van der Waals surface area contributed by atoms with Gasteiger partial charge in [0.15, 0.2) is 5.78 Å². The summed E-state index contributed by atoms with van der Waals surface area (Å²) in [6, 6.07) is 16.8. The first-order valence-electron chi connectivity index (χ1n) is 9.39. The maximum Gasteiger partial charge on any atom is 0.163 e. The summed E-state index contributed by atoms with van der Waals surface area (Å²) in [7, 11) is 0. The minimum absolute atomic E-state index is 0.0590. The van der Waals surface area contributed by atoms with E-state index in [0.717, 1.165) is 5.56 Å². The molecule has 0 bridgehead atoms. The SMILES string of the molecule is CC(=O)c1ccccc1OC[C@H](O)CN1CCC(O)(c2ccccc2)CC1. The molecule has 0 unspecified atom stereocenters. The molecule has 1 atom stereocenters. The van der Waals surface area contributed by atoms with Gasteiger partial charge in [-0.05, 0) is 37.5 Å². The van der Waals surface area contributed by atoms with Gasteiger partial charge in [-0.1, -0.05) is 42.5 Å². The first-order valence-corrected chi connectivity index (χ1v) is 9.39. The Morgan fingerprint density at radius 1 is 1.11 bits per heavy atom. The number of aliphatic hydroxyl groups is 2. The average molecular weight is 369 g/mol. The number of hydrogen-bond acceptors (Lipinski definition) is 5. The number of β-amino-alcohol motifs (C(OH)–C–C–N with tert-alkyl or cyclic N) is 1. The molecular formula is C22H27NO4. The molecule has 5 heteroatoms. The molecule has 27 heavy (non-hydrogen) atoms. The van der Waals surface area contributed by atoms with Crippen molar-refractivity contribution < 1.29 is 19.7 Å². The van der Waals surface area contributed by atoms with Crippen molar-refractivity contribution in [3.63, 3.8) is 0 Å². The summed E-state index contributed by atoms with van der Waals surface area (Å²) < 4.78 is 5.67. The molecule has 1 fully saturated rings. The van der Waals surface area contributed by atoms with E-state index in [4.69, 9.17) is 4.74 Å². The Kier molecular flexibility index (Phi) is 6.26. The molecule has 2 aromatic carbocycles. The Hall–Kier alpha value is -2.21. The summed E-state index contributed by atoms with van der Waals surface area (Å²) in [6.07, 6.45) is 0.614. The van der Waals surface area contributed by atoms with Gasteiger partial charge in [-0.25, -0.2) is 0 Å². The van der Waals surface area contributed by atoms with E-state index in [1.807, 2.05) is 36.4 Å². The Morgan fingerprint density at radius 3 is 2.41 bits per heavy atom. The second kappa shape index (κ2) is 8.65. The number of para-hydroxylation sites is 1. The second-order valence-electron chi connectivity index (χ2n) is 7.22. The largest absolute Gasteiger partial charge is 0.490 e. The van der Waals surface area contributed by atoms with Gasteiger partial charge in [-0.3, -0.25) is 4.79 Å². The molecule has 2 aromatic rings. The monoisotopic (exact) mass is 369 g/mol. The van der Waals surface area contributed by atoms with Crippen molar-refractivity contribution in [3.8, 4) is 5.75 Å². The third kappa shape index (κ3) is 4.95. The highest BCUT2D eigenvalue weighted by Crippen LogP contribution is 2.32. The third-order valence-electron chi connectivity index (χ3n) is 5.16. The van der Waals surface area contributed by atoms with Crippen molar-refractivity contribution in [2.75, 3.05) is 26.2 Å². The van der Waals surface area contributed by atoms with Crippen molar-refractivity contribution in [2.45, 2.75) is 31.5 Å². The number of aliphatic hydroxyl groups excluding tert-OH is 1. The smallest absolute Gasteiger partial charge is 0.163 e. The molecule has 0 spiro atoms. The molecule has 1 heterocycles. The van der Waals surface area contributed by atoms with Crippen molar-refractivity contribution in [1.29, 1.82) is 0 Å². The highest BCUT2D eigenvalue weighted by molar-refractivity contribution is 5.96. The predicted octanol–water partition coefficient (Wildman–Crippen LogP) is 2.61. The first-order chi connectivity index (χ1) is 13.0. The molecule has 0 radical (unpaired) electrons. The van der Waals surface area contributed by atoms with Gasteiger partial charge in [-0.15, -0.1) is 0 Å². The Morgan fingerprint density at radius 2 is 1.74 bits per heavy atom. The molecule has 2 N–H and O–H groups in total. The number of ether oxygens (including phenoxy) is 1. The Bertz CT molecular complexity index is 754. The fraction of sp³-hybridized carbons (Fsp3) is 0.409. The van der Waals surface area contributed by atoms with Gasteiger partial charge >= 0.3 is 0 Å². The number of piperidine rings is 1. The van der Waals surface area contributed by atoms with Gasteiger partial charge in [0.25, 0.3) is 0 Å². The summed E-state index contributed by atoms with van der Waals surface area (Å²) in [5.41, 5.74) is 0.685. The zero-order valence-electron chi connectivity index (χ0n) is 15.7. The molecule has 0 aliphatic carbocycles. The average Bonchev–Trinajstić information content (AvgIpc) is 2.69. The predicted molar refractivity (Wildman–Crippen MR) is 104 cm³/mol. The van der Waals surface area contributed by atoms with Crippen LogP contribution in [0.3, 0.4) is 0 Å². The van der Waals surface area contributed by atoms with Crippen LogP contribution in [0.2, 0.25) is 0 Å². The molecule has 5 nitrogen and oxygen atoms in total. The van der Waals surface area contributed by atoms with Crippen LogP contribution in [0.15, 0.2) is 54.6 Å². The number of nitrogens with zero attached hydrogens (tertiary/aromatic N) is 1. The fourth-order valence-corrected chi connectivity index (χ4v) is 3.56. The van der Waals surface area contributed by atoms with Crippen LogP contribution in [0.1, 0.15) is 35.7 Å². The lowest BCUT2D eigenvalue weighted by Gasteiger charge is -2.39. The zero-order valence-corrected chi connectivity index (χ0v) is 15.7. The van der Waals surface area contributed by atoms with E-state index >= 15 is 0 Å².